The van der Waals surface area contributed by atoms with Gasteiger partial charge in [-0.1, -0.05) is 0 Å². The van der Waals surface area contributed by atoms with Crippen molar-refractivity contribution in [2.24, 2.45) is 0 Å². The number of ketones is 1. The maximum atomic E-state index is 11.9. The van der Waals surface area contributed by atoms with Crippen molar-refractivity contribution in [3.8, 4) is 11.5 Å². The number of carbonyl (C=O) groups excluding carboxylic acids is 1. The summed E-state index contributed by atoms with van der Waals surface area (Å²) >= 11 is 5.38. The van der Waals surface area contributed by atoms with Gasteiger partial charge in [-0.3, -0.25) is 4.79 Å². The minimum absolute atomic E-state index is 0.121. The monoisotopic (exact) mass is 250 g/mol. The molecule has 6 heteroatoms. The third-order valence-corrected chi connectivity index (χ3v) is 2.01. The van der Waals surface area contributed by atoms with E-state index in [2.05, 4.69) is 4.74 Å². The van der Waals surface area contributed by atoms with Gasteiger partial charge >= 0.3 is 6.61 Å². The molecular weight excluding hydrogens is 242 g/mol. The summed E-state index contributed by atoms with van der Waals surface area (Å²) in [6, 6.07) is 3.49. The second kappa shape index (κ2) is 5.65. The van der Waals surface area contributed by atoms with E-state index in [0.717, 1.165) is 12.1 Å². The van der Waals surface area contributed by atoms with Crippen LogP contribution in [0.3, 0.4) is 0 Å². The Kier molecular flexibility index (Phi) is 4.49. The standard InChI is InChI=1S/C10H9ClF2O3/c11-4-3-7(14)6-1-2-9(8(15)5-6)16-10(12)13/h1-2,5,10,15H,3-4H2. The zero-order valence-corrected chi connectivity index (χ0v) is 8.88. The fourth-order valence-corrected chi connectivity index (χ4v) is 1.29. The van der Waals surface area contributed by atoms with Crippen molar-refractivity contribution in [1.29, 1.82) is 0 Å². The molecule has 0 aliphatic carbocycles. The van der Waals surface area contributed by atoms with Crippen LogP contribution in [-0.2, 0) is 0 Å². The molecule has 3 nitrogen and oxygen atoms in total. The minimum Gasteiger partial charge on any atom is -0.504 e. The molecule has 0 aromatic heterocycles. The number of rotatable bonds is 5. The van der Waals surface area contributed by atoms with Gasteiger partial charge in [0.25, 0.3) is 0 Å². The van der Waals surface area contributed by atoms with Crippen LogP contribution >= 0.6 is 11.6 Å². The lowest BCUT2D eigenvalue weighted by atomic mass is 10.1. The van der Waals surface area contributed by atoms with Crippen LogP contribution < -0.4 is 4.74 Å². The van der Waals surface area contributed by atoms with Gasteiger partial charge in [0.05, 0.1) is 0 Å². The molecule has 0 aliphatic heterocycles. The highest BCUT2D eigenvalue weighted by molar-refractivity contribution is 6.19. The topological polar surface area (TPSA) is 46.5 Å². The molecule has 1 N–H and O–H groups in total. The number of phenols is 1. The summed E-state index contributed by atoms with van der Waals surface area (Å²) in [5.41, 5.74) is 0.208. The smallest absolute Gasteiger partial charge is 0.387 e. The van der Waals surface area contributed by atoms with Crippen LogP contribution in [0.1, 0.15) is 16.8 Å². The lowest BCUT2D eigenvalue weighted by Gasteiger charge is -2.07. The van der Waals surface area contributed by atoms with Crippen molar-refractivity contribution in [3.05, 3.63) is 23.8 Å². The summed E-state index contributed by atoms with van der Waals surface area (Å²) in [7, 11) is 0. The van der Waals surface area contributed by atoms with Gasteiger partial charge in [0.15, 0.2) is 17.3 Å². The molecule has 1 rings (SSSR count). The Labute approximate surface area is 95.6 Å². The molecule has 0 unspecified atom stereocenters. The van der Waals surface area contributed by atoms with Crippen molar-refractivity contribution in [1.82, 2.24) is 0 Å². The number of hydrogen-bond acceptors (Lipinski definition) is 3. The van der Waals surface area contributed by atoms with Crippen LogP contribution in [0.2, 0.25) is 0 Å². The molecule has 1 aromatic carbocycles. The molecule has 16 heavy (non-hydrogen) atoms. The normalized spacial score (nSPS) is 10.5. The van der Waals surface area contributed by atoms with E-state index in [4.69, 9.17) is 11.6 Å². The van der Waals surface area contributed by atoms with Crippen molar-refractivity contribution in [2.45, 2.75) is 13.0 Å². The van der Waals surface area contributed by atoms with Gasteiger partial charge < -0.3 is 9.84 Å². The first-order valence-electron chi connectivity index (χ1n) is 4.41. The molecule has 0 bridgehead atoms. The van der Waals surface area contributed by atoms with E-state index in [-0.39, 0.29) is 29.4 Å². The molecule has 0 spiro atoms. The summed E-state index contributed by atoms with van der Waals surface area (Å²) in [4.78, 5) is 11.3. The Morgan fingerprint density at radius 2 is 2.19 bits per heavy atom. The lowest BCUT2D eigenvalue weighted by Crippen LogP contribution is -2.04. The van der Waals surface area contributed by atoms with Gasteiger partial charge in [0, 0.05) is 17.9 Å². The van der Waals surface area contributed by atoms with Crippen molar-refractivity contribution in [3.63, 3.8) is 0 Å². The molecule has 0 atom stereocenters. The number of hydrogen-bond donors (Lipinski definition) is 1. The predicted molar refractivity (Wildman–Crippen MR) is 54.4 cm³/mol. The van der Waals surface area contributed by atoms with Crippen LogP contribution in [0.25, 0.3) is 0 Å². The van der Waals surface area contributed by atoms with E-state index in [0.29, 0.717) is 0 Å². The first kappa shape index (κ1) is 12.7. The van der Waals surface area contributed by atoms with Crippen LogP contribution in [-0.4, -0.2) is 23.4 Å². The van der Waals surface area contributed by atoms with Crippen LogP contribution in [0.15, 0.2) is 18.2 Å². The number of aromatic hydroxyl groups is 1. The Bertz CT molecular complexity index is 382. The van der Waals surface area contributed by atoms with Crippen LogP contribution in [0, 0.1) is 0 Å². The first-order valence-corrected chi connectivity index (χ1v) is 4.95. The Morgan fingerprint density at radius 1 is 1.50 bits per heavy atom. The third kappa shape index (κ3) is 3.34. The number of alkyl halides is 3. The number of carbonyl (C=O) groups is 1. The molecule has 0 heterocycles. The largest absolute Gasteiger partial charge is 0.504 e. The average molecular weight is 251 g/mol. The first-order chi connectivity index (χ1) is 7.54. The van der Waals surface area contributed by atoms with E-state index in [9.17, 15) is 18.7 Å². The zero-order chi connectivity index (χ0) is 12.1. The highest BCUT2D eigenvalue weighted by Crippen LogP contribution is 2.28. The predicted octanol–water partition coefficient (Wildman–Crippen LogP) is 2.81. The van der Waals surface area contributed by atoms with Gasteiger partial charge in [0.2, 0.25) is 0 Å². The molecule has 0 radical (unpaired) electrons. The molecule has 0 amide bonds. The van der Waals surface area contributed by atoms with Gasteiger partial charge in [-0.05, 0) is 18.2 Å². The molecular formula is C10H9ClF2O3. The summed E-state index contributed by atoms with van der Waals surface area (Å²) in [5.74, 6) is -0.971. The summed E-state index contributed by atoms with van der Waals surface area (Å²) in [6.45, 7) is -3.02. The lowest BCUT2D eigenvalue weighted by molar-refractivity contribution is -0.0512. The van der Waals surface area contributed by atoms with Gasteiger partial charge in [0.1, 0.15) is 0 Å². The van der Waals surface area contributed by atoms with Gasteiger partial charge in [-0.15, -0.1) is 11.6 Å². The molecule has 0 saturated carbocycles. The zero-order valence-electron chi connectivity index (χ0n) is 8.12. The average Bonchev–Trinajstić information content (AvgIpc) is 2.20. The Morgan fingerprint density at radius 3 is 2.69 bits per heavy atom. The SMILES string of the molecule is O=C(CCCl)c1ccc(OC(F)F)c(O)c1. The fourth-order valence-electron chi connectivity index (χ4n) is 1.12. The number of phenolic OH excluding ortho intramolecular Hbond substituents is 1. The minimum atomic E-state index is -3.02. The number of halogens is 3. The third-order valence-electron chi connectivity index (χ3n) is 1.82. The highest BCUT2D eigenvalue weighted by Gasteiger charge is 2.12. The number of Topliss-reactive ketones (excluding diaryl/α,β-unsaturated/α-hetero) is 1. The summed E-state index contributed by atoms with van der Waals surface area (Å²) < 4.78 is 27.7. The van der Waals surface area contributed by atoms with E-state index in [1.165, 1.54) is 6.07 Å². The highest BCUT2D eigenvalue weighted by atomic mass is 35.5. The maximum Gasteiger partial charge on any atom is 0.387 e. The summed E-state index contributed by atoms with van der Waals surface area (Å²) in [6.07, 6.45) is 0.121. The molecule has 0 fully saturated rings. The number of benzene rings is 1. The fraction of sp³-hybridized carbons (Fsp3) is 0.300. The Hall–Kier alpha value is -1.36. The maximum absolute atomic E-state index is 11.9. The quantitative estimate of drug-likeness (QED) is 0.646. The second-order valence-corrected chi connectivity index (χ2v) is 3.30. The van der Waals surface area contributed by atoms with Gasteiger partial charge in [-0.2, -0.15) is 8.78 Å². The molecule has 0 aliphatic rings. The van der Waals surface area contributed by atoms with Crippen LogP contribution in [0.4, 0.5) is 8.78 Å². The van der Waals surface area contributed by atoms with Crippen LogP contribution in [0.5, 0.6) is 11.5 Å². The second-order valence-electron chi connectivity index (χ2n) is 2.92. The number of ether oxygens (including phenoxy) is 1. The van der Waals surface area contributed by atoms with Crippen molar-refractivity contribution in [2.75, 3.05) is 5.88 Å². The summed E-state index contributed by atoms with van der Waals surface area (Å²) in [5, 5.41) is 9.31. The Balaban J connectivity index is 2.86. The van der Waals surface area contributed by atoms with E-state index >= 15 is 0 Å². The van der Waals surface area contributed by atoms with Crippen molar-refractivity contribution >= 4 is 17.4 Å². The molecule has 0 saturated heterocycles. The van der Waals surface area contributed by atoms with E-state index in [1.807, 2.05) is 0 Å². The molecule has 88 valence electrons. The van der Waals surface area contributed by atoms with E-state index < -0.39 is 12.4 Å². The molecule has 1 aromatic rings. The van der Waals surface area contributed by atoms with E-state index in [1.54, 1.807) is 0 Å². The van der Waals surface area contributed by atoms with Crippen molar-refractivity contribution < 1.29 is 23.4 Å². The van der Waals surface area contributed by atoms with Gasteiger partial charge in [-0.25, -0.2) is 0 Å².